The summed E-state index contributed by atoms with van der Waals surface area (Å²) in [5.74, 6) is 0.795. The van der Waals surface area contributed by atoms with E-state index in [9.17, 15) is 4.79 Å². The summed E-state index contributed by atoms with van der Waals surface area (Å²) in [5, 5.41) is 9.03. The van der Waals surface area contributed by atoms with Crippen LogP contribution in [0, 0.1) is 6.92 Å². The average molecular weight is 341 g/mol. The highest BCUT2D eigenvalue weighted by Crippen LogP contribution is 2.18. The first-order valence-corrected chi connectivity index (χ1v) is 8.40. The highest BCUT2D eigenvalue weighted by atomic mass is 16.3. The molecule has 0 aromatic carbocycles. The number of carbonyl (C=O) groups is 1. The van der Waals surface area contributed by atoms with Crippen molar-refractivity contribution < 1.29 is 9.90 Å². The van der Waals surface area contributed by atoms with Crippen molar-refractivity contribution >= 4 is 17.4 Å². The number of anilines is 2. The summed E-state index contributed by atoms with van der Waals surface area (Å²) in [6, 6.07) is 7.20. The van der Waals surface area contributed by atoms with E-state index in [1.807, 2.05) is 19.1 Å². The molecule has 0 aliphatic carbocycles. The van der Waals surface area contributed by atoms with E-state index >= 15 is 0 Å². The van der Waals surface area contributed by atoms with Gasteiger partial charge in [0, 0.05) is 38.9 Å². The summed E-state index contributed by atoms with van der Waals surface area (Å²) < 4.78 is 0. The van der Waals surface area contributed by atoms with Gasteiger partial charge in [0.05, 0.1) is 12.2 Å². The molecular weight excluding hydrogens is 318 g/mol. The predicted octanol–water partition coefficient (Wildman–Crippen LogP) is 0.713. The van der Waals surface area contributed by atoms with Crippen molar-refractivity contribution in [3.05, 3.63) is 47.3 Å². The van der Waals surface area contributed by atoms with Gasteiger partial charge in [-0.2, -0.15) is 0 Å². The third-order valence-electron chi connectivity index (χ3n) is 4.38. The van der Waals surface area contributed by atoms with Gasteiger partial charge in [0.25, 0.3) is 0 Å². The second kappa shape index (κ2) is 7.58. The van der Waals surface area contributed by atoms with Gasteiger partial charge in [-0.15, -0.1) is 0 Å². The number of nitrogen functional groups attached to an aromatic ring is 1. The largest absolute Gasteiger partial charge is 0.395 e. The standard InChI is InChI=1S/C18H23N5O2/c1-13-11-14(18(19)20-12-13)17(25)15-3-2-4-16(21-15)23-7-5-22(6-8-23)9-10-24/h2-4,11-12,24H,5-10H2,1H3,(H2,19,20). The van der Waals surface area contributed by atoms with Crippen LogP contribution in [-0.4, -0.2) is 65.1 Å². The average Bonchev–Trinajstić information content (AvgIpc) is 2.64. The third kappa shape index (κ3) is 3.94. The van der Waals surface area contributed by atoms with E-state index in [0.717, 1.165) is 37.6 Å². The summed E-state index contributed by atoms with van der Waals surface area (Å²) in [6.45, 7) is 6.12. The number of nitrogens with zero attached hydrogens (tertiary/aromatic N) is 4. The first kappa shape index (κ1) is 17.3. The fraction of sp³-hybridized carbons (Fsp3) is 0.389. The monoisotopic (exact) mass is 341 g/mol. The SMILES string of the molecule is Cc1cnc(N)c(C(=O)c2cccc(N3CCN(CCO)CC3)n2)c1. The molecule has 1 aliphatic heterocycles. The zero-order chi connectivity index (χ0) is 17.8. The quantitative estimate of drug-likeness (QED) is 0.773. The Hall–Kier alpha value is -2.51. The van der Waals surface area contributed by atoms with Crippen molar-refractivity contribution in [3.8, 4) is 0 Å². The molecule has 7 heteroatoms. The summed E-state index contributed by atoms with van der Waals surface area (Å²) in [6.07, 6.45) is 1.64. The fourth-order valence-corrected chi connectivity index (χ4v) is 2.97. The Balaban J connectivity index is 1.78. The van der Waals surface area contributed by atoms with Gasteiger partial charge in [0.15, 0.2) is 0 Å². The molecule has 2 aromatic heterocycles. The number of aryl methyl sites for hydroxylation is 1. The minimum atomic E-state index is -0.213. The van der Waals surface area contributed by atoms with Gasteiger partial charge in [0.2, 0.25) is 5.78 Å². The number of pyridine rings is 2. The molecule has 3 heterocycles. The lowest BCUT2D eigenvalue weighted by Gasteiger charge is -2.35. The molecule has 3 rings (SSSR count). The van der Waals surface area contributed by atoms with Crippen molar-refractivity contribution in [1.82, 2.24) is 14.9 Å². The Morgan fingerprint density at radius 2 is 2.04 bits per heavy atom. The van der Waals surface area contributed by atoms with Crippen LogP contribution in [0.25, 0.3) is 0 Å². The molecule has 3 N–H and O–H groups in total. The highest BCUT2D eigenvalue weighted by Gasteiger charge is 2.20. The Kier molecular flexibility index (Phi) is 5.25. The molecule has 0 spiro atoms. The first-order valence-electron chi connectivity index (χ1n) is 8.40. The van der Waals surface area contributed by atoms with Crippen molar-refractivity contribution in [2.75, 3.05) is 50.0 Å². The van der Waals surface area contributed by atoms with Crippen LogP contribution in [0.3, 0.4) is 0 Å². The predicted molar refractivity (Wildman–Crippen MR) is 96.8 cm³/mol. The molecule has 1 fully saturated rings. The van der Waals surface area contributed by atoms with Crippen LogP contribution in [0.15, 0.2) is 30.5 Å². The maximum Gasteiger partial charge on any atom is 0.215 e. The molecule has 25 heavy (non-hydrogen) atoms. The van der Waals surface area contributed by atoms with Crippen molar-refractivity contribution in [2.24, 2.45) is 0 Å². The van der Waals surface area contributed by atoms with Crippen LogP contribution in [0.2, 0.25) is 0 Å². The van der Waals surface area contributed by atoms with E-state index in [2.05, 4.69) is 19.8 Å². The smallest absolute Gasteiger partial charge is 0.215 e. The number of β-amino-alcohol motifs (C(OH)–C–C–N with tert-alkyl or cyclic N) is 1. The molecule has 1 aliphatic rings. The molecule has 2 aromatic rings. The first-order chi connectivity index (χ1) is 12.1. The number of aliphatic hydroxyl groups is 1. The number of hydrogen-bond acceptors (Lipinski definition) is 7. The zero-order valence-corrected chi connectivity index (χ0v) is 14.4. The van der Waals surface area contributed by atoms with Crippen LogP contribution < -0.4 is 10.6 Å². The molecule has 7 nitrogen and oxygen atoms in total. The molecule has 0 amide bonds. The zero-order valence-electron chi connectivity index (χ0n) is 14.4. The fourth-order valence-electron chi connectivity index (χ4n) is 2.97. The van der Waals surface area contributed by atoms with Gasteiger partial charge in [-0.3, -0.25) is 9.69 Å². The highest BCUT2D eigenvalue weighted by molar-refractivity contribution is 6.10. The molecule has 0 bridgehead atoms. The van der Waals surface area contributed by atoms with Crippen LogP contribution in [0.4, 0.5) is 11.6 Å². The molecule has 0 atom stereocenters. The van der Waals surface area contributed by atoms with E-state index in [1.165, 1.54) is 0 Å². The van der Waals surface area contributed by atoms with E-state index in [1.54, 1.807) is 18.3 Å². The van der Waals surface area contributed by atoms with E-state index in [-0.39, 0.29) is 18.2 Å². The molecule has 0 radical (unpaired) electrons. The number of aromatic nitrogens is 2. The van der Waals surface area contributed by atoms with Gasteiger partial charge >= 0.3 is 0 Å². The van der Waals surface area contributed by atoms with Crippen molar-refractivity contribution in [3.63, 3.8) is 0 Å². The number of ketones is 1. The Labute approximate surface area is 147 Å². The normalized spacial score (nSPS) is 15.4. The second-order valence-electron chi connectivity index (χ2n) is 6.21. The van der Waals surface area contributed by atoms with Crippen molar-refractivity contribution in [1.29, 1.82) is 0 Å². The lowest BCUT2D eigenvalue weighted by atomic mass is 10.1. The summed E-state index contributed by atoms with van der Waals surface area (Å²) in [5.41, 5.74) is 7.50. The van der Waals surface area contributed by atoms with Crippen LogP contribution >= 0.6 is 0 Å². The Bertz CT molecular complexity index is 757. The molecule has 132 valence electrons. The van der Waals surface area contributed by atoms with Crippen LogP contribution in [0.5, 0.6) is 0 Å². The summed E-state index contributed by atoms with van der Waals surface area (Å²) in [4.78, 5) is 25.7. The van der Waals surface area contributed by atoms with Gasteiger partial charge in [-0.25, -0.2) is 9.97 Å². The molecule has 1 saturated heterocycles. The number of rotatable bonds is 5. The Morgan fingerprint density at radius 3 is 2.76 bits per heavy atom. The van der Waals surface area contributed by atoms with Crippen LogP contribution in [-0.2, 0) is 0 Å². The molecule has 0 saturated carbocycles. The lowest BCUT2D eigenvalue weighted by molar-refractivity contribution is 0.103. The maximum absolute atomic E-state index is 12.8. The number of piperazine rings is 1. The second-order valence-corrected chi connectivity index (χ2v) is 6.21. The van der Waals surface area contributed by atoms with Gasteiger partial charge in [0.1, 0.15) is 17.3 Å². The number of carbonyl (C=O) groups excluding carboxylic acids is 1. The van der Waals surface area contributed by atoms with E-state index in [4.69, 9.17) is 10.8 Å². The van der Waals surface area contributed by atoms with E-state index in [0.29, 0.717) is 17.8 Å². The van der Waals surface area contributed by atoms with Gasteiger partial charge in [-0.05, 0) is 30.7 Å². The summed E-state index contributed by atoms with van der Waals surface area (Å²) >= 11 is 0. The van der Waals surface area contributed by atoms with Gasteiger partial charge in [-0.1, -0.05) is 6.07 Å². The lowest BCUT2D eigenvalue weighted by Crippen LogP contribution is -2.47. The van der Waals surface area contributed by atoms with E-state index < -0.39 is 0 Å². The third-order valence-corrected chi connectivity index (χ3v) is 4.38. The summed E-state index contributed by atoms with van der Waals surface area (Å²) in [7, 11) is 0. The number of hydrogen-bond donors (Lipinski definition) is 2. The topological polar surface area (TPSA) is 95.6 Å². The molecular formula is C18H23N5O2. The minimum Gasteiger partial charge on any atom is -0.395 e. The number of nitrogens with two attached hydrogens (primary N) is 1. The Morgan fingerprint density at radius 1 is 1.28 bits per heavy atom. The van der Waals surface area contributed by atoms with Crippen molar-refractivity contribution in [2.45, 2.75) is 6.92 Å². The van der Waals surface area contributed by atoms with Crippen LogP contribution in [0.1, 0.15) is 21.6 Å². The van der Waals surface area contributed by atoms with Gasteiger partial charge < -0.3 is 15.7 Å². The minimum absolute atomic E-state index is 0.175. The molecule has 0 unspecified atom stereocenters. The maximum atomic E-state index is 12.8. The number of aliphatic hydroxyl groups excluding tert-OH is 1.